The number of carbonyl (C=O) groups is 1. The van der Waals surface area contributed by atoms with Crippen LogP contribution in [0.2, 0.25) is 0 Å². The van der Waals surface area contributed by atoms with E-state index in [-0.39, 0.29) is 5.97 Å². The number of aryl methyl sites for hydroxylation is 2. The zero-order chi connectivity index (χ0) is 16.1. The Morgan fingerprint density at radius 3 is 2.45 bits per heavy atom. The van der Waals surface area contributed by atoms with Crippen molar-refractivity contribution in [2.24, 2.45) is 0 Å². The molecule has 2 aromatic carbocycles. The monoisotopic (exact) mass is 362 g/mol. The Balaban J connectivity index is 2.19. The summed E-state index contributed by atoms with van der Waals surface area (Å²) in [6.07, 6.45) is 0.923. The highest BCUT2D eigenvalue weighted by atomic mass is 79.9. The highest BCUT2D eigenvalue weighted by molar-refractivity contribution is 9.10. The fourth-order valence-corrected chi connectivity index (χ4v) is 2.83. The van der Waals surface area contributed by atoms with Crippen molar-refractivity contribution >= 4 is 21.9 Å². The summed E-state index contributed by atoms with van der Waals surface area (Å²) in [7, 11) is 0. The SMILES string of the molecule is CCCOc1cccc(C(=O)Oc2c(C)cc(Br)cc2C)c1. The molecular formula is C18H19BrO3. The number of carbonyl (C=O) groups excluding carboxylic acids is 1. The van der Waals surface area contributed by atoms with Crippen LogP contribution in [0.1, 0.15) is 34.8 Å². The van der Waals surface area contributed by atoms with Crippen LogP contribution in [-0.2, 0) is 0 Å². The van der Waals surface area contributed by atoms with Gasteiger partial charge in [0.1, 0.15) is 11.5 Å². The molecule has 0 bridgehead atoms. The van der Waals surface area contributed by atoms with E-state index in [0.29, 0.717) is 23.7 Å². The molecule has 116 valence electrons. The van der Waals surface area contributed by atoms with Gasteiger partial charge in [0.25, 0.3) is 0 Å². The van der Waals surface area contributed by atoms with Gasteiger partial charge in [-0.05, 0) is 61.7 Å². The molecule has 0 amide bonds. The van der Waals surface area contributed by atoms with Gasteiger partial charge in [0.05, 0.1) is 12.2 Å². The lowest BCUT2D eigenvalue weighted by Gasteiger charge is -2.12. The van der Waals surface area contributed by atoms with Gasteiger partial charge in [0.2, 0.25) is 0 Å². The van der Waals surface area contributed by atoms with E-state index in [2.05, 4.69) is 15.9 Å². The molecule has 3 nitrogen and oxygen atoms in total. The van der Waals surface area contributed by atoms with Crippen molar-refractivity contribution in [1.29, 1.82) is 0 Å². The van der Waals surface area contributed by atoms with E-state index in [1.807, 2.05) is 39.0 Å². The first-order valence-corrected chi connectivity index (χ1v) is 8.02. The lowest BCUT2D eigenvalue weighted by atomic mass is 10.1. The normalized spacial score (nSPS) is 10.4. The Kier molecular flexibility index (Phi) is 5.61. The highest BCUT2D eigenvalue weighted by Crippen LogP contribution is 2.28. The third-order valence-corrected chi connectivity index (χ3v) is 3.62. The predicted molar refractivity (Wildman–Crippen MR) is 90.8 cm³/mol. The summed E-state index contributed by atoms with van der Waals surface area (Å²) in [6, 6.07) is 10.9. The Labute approximate surface area is 139 Å². The lowest BCUT2D eigenvalue weighted by molar-refractivity contribution is 0.0731. The molecule has 2 aromatic rings. The molecule has 0 saturated carbocycles. The number of hydrogen-bond donors (Lipinski definition) is 0. The number of hydrogen-bond acceptors (Lipinski definition) is 3. The minimum absolute atomic E-state index is 0.379. The molecule has 0 saturated heterocycles. The Morgan fingerprint density at radius 1 is 1.14 bits per heavy atom. The summed E-state index contributed by atoms with van der Waals surface area (Å²) in [5.74, 6) is 0.907. The highest BCUT2D eigenvalue weighted by Gasteiger charge is 2.13. The van der Waals surface area contributed by atoms with Crippen LogP contribution in [0, 0.1) is 13.8 Å². The zero-order valence-corrected chi connectivity index (χ0v) is 14.6. The molecule has 0 radical (unpaired) electrons. The van der Waals surface area contributed by atoms with E-state index in [1.165, 1.54) is 0 Å². The number of halogens is 1. The summed E-state index contributed by atoms with van der Waals surface area (Å²) >= 11 is 3.43. The van der Waals surface area contributed by atoms with Gasteiger partial charge in [-0.15, -0.1) is 0 Å². The Hall–Kier alpha value is -1.81. The van der Waals surface area contributed by atoms with Crippen molar-refractivity contribution in [3.8, 4) is 11.5 Å². The number of benzene rings is 2. The minimum atomic E-state index is -0.379. The average molecular weight is 363 g/mol. The van der Waals surface area contributed by atoms with Crippen molar-refractivity contribution in [3.63, 3.8) is 0 Å². The molecule has 2 rings (SSSR count). The molecule has 0 unspecified atom stereocenters. The van der Waals surface area contributed by atoms with Crippen molar-refractivity contribution < 1.29 is 14.3 Å². The van der Waals surface area contributed by atoms with Crippen LogP contribution in [-0.4, -0.2) is 12.6 Å². The molecule has 0 aliphatic rings. The number of rotatable bonds is 5. The first-order valence-electron chi connectivity index (χ1n) is 7.23. The summed E-state index contributed by atoms with van der Waals surface area (Å²) in [5.41, 5.74) is 2.31. The fraction of sp³-hybridized carbons (Fsp3) is 0.278. The smallest absolute Gasteiger partial charge is 0.343 e. The molecule has 0 heterocycles. The summed E-state index contributed by atoms with van der Waals surface area (Å²) in [5, 5.41) is 0. The van der Waals surface area contributed by atoms with E-state index >= 15 is 0 Å². The number of esters is 1. The molecule has 0 atom stereocenters. The molecule has 0 aliphatic heterocycles. The first-order chi connectivity index (χ1) is 10.5. The van der Waals surface area contributed by atoms with Crippen LogP contribution in [0.15, 0.2) is 40.9 Å². The minimum Gasteiger partial charge on any atom is -0.494 e. The van der Waals surface area contributed by atoms with Crippen LogP contribution in [0.4, 0.5) is 0 Å². The van der Waals surface area contributed by atoms with Gasteiger partial charge in [-0.2, -0.15) is 0 Å². The summed E-state index contributed by atoms with van der Waals surface area (Å²) < 4.78 is 12.1. The second-order valence-electron chi connectivity index (χ2n) is 5.13. The van der Waals surface area contributed by atoms with E-state index in [0.717, 1.165) is 22.0 Å². The number of ether oxygens (including phenoxy) is 2. The third kappa shape index (κ3) is 4.10. The quantitative estimate of drug-likeness (QED) is 0.549. The Bertz CT molecular complexity index is 657. The zero-order valence-electron chi connectivity index (χ0n) is 13.0. The maximum Gasteiger partial charge on any atom is 0.343 e. The van der Waals surface area contributed by atoms with Crippen molar-refractivity contribution in [2.75, 3.05) is 6.61 Å². The molecule has 0 aliphatic carbocycles. The van der Waals surface area contributed by atoms with Gasteiger partial charge in [-0.3, -0.25) is 0 Å². The molecule has 0 N–H and O–H groups in total. The predicted octanol–water partition coefficient (Wildman–Crippen LogP) is 5.07. The van der Waals surface area contributed by atoms with Crippen LogP contribution < -0.4 is 9.47 Å². The van der Waals surface area contributed by atoms with Gasteiger partial charge >= 0.3 is 5.97 Å². The molecule has 0 fully saturated rings. The van der Waals surface area contributed by atoms with Crippen LogP contribution in [0.5, 0.6) is 11.5 Å². The van der Waals surface area contributed by atoms with E-state index in [9.17, 15) is 4.79 Å². The molecule has 4 heteroatoms. The maximum atomic E-state index is 12.3. The Morgan fingerprint density at radius 2 is 1.82 bits per heavy atom. The van der Waals surface area contributed by atoms with Gasteiger partial charge < -0.3 is 9.47 Å². The topological polar surface area (TPSA) is 35.5 Å². The van der Waals surface area contributed by atoms with Gasteiger partial charge in [0, 0.05) is 4.47 Å². The van der Waals surface area contributed by atoms with Crippen molar-refractivity contribution in [3.05, 3.63) is 57.6 Å². The van der Waals surface area contributed by atoms with E-state index in [1.54, 1.807) is 18.2 Å². The fourth-order valence-electron chi connectivity index (χ4n) is 2.14. The molecule has 0 aromatic heterocycles. The summed E-state index contributed by atoms with van der Waals surface area (Å²) in [6.45, 7) is 6.50. The van der Waals surface area contributed by atoms with Crippen LogP contribution in [0.3, 0.4) is 0 Å². The van der Waals surface area contributed by atoms with Crippen LogP contribution >= 0.6 is 15.9 Å². The van der Waals surface area contributed by atoms with Crippen LogP contribution in [0.25, 0.3) is 0 Å². The van der Waals surface area contributed by atoms with Gasteiger partial charge in [-0.1, -0.05) is 28.9 Å². The first kappa shape index (κ1) is 16.6. The second kappa shape index (κ2) is 7.45. The third-order valence-electron chi connectivity index (χ3n) is 3.16. The van der Waals surface area contributed by atoms with E-state index < -0.39 is 0 Å². The average Bonchev–Trinajstić information content (AvgIpc) is 2.49. The standard InChI is InChI=1S/C18H19BrO3/c1-4-8-21-16-7-5-6-14(11-16)18(20)22-17-12(2)9-15(19)10-13(17)3/h5-7,9-11H,4,8H2,1-3H3. The molecular weight excluding hydrogens is 344 g/mol. The van der Waals surface area contributed by atoms with E-state index in [4.69, 9.17) is 9.47 Å². The lowest BCUT2D eigenvalue weighted by Crippen LogP contribution is -2.10. The largest absolute Gasteiger partial charge is 0.494 e. The second-order valence-corrected chi connectivity index (χ2v) is 6.05. The van der Waals surface area contributed by atoms with Gasteiger partial charge in [-0.25, -0.2) is 4.79 Å². The molecule has 22 heavy (non-hydrogen) atoms. The van der Waals surface area contributed by atoms with Crippen molar-refractivity contribution in [1.82, 2.24) is 0 Å². The van der Waals surface area contributed by atoms with Gasteiger partial charge in [0.15, 0.2) is 0 Å². The van der Waals surface area contributed by atoms with Crippen molar-refractivity contribution in [2.45, 2.75) is 27.2 Å². The summed E-state index contributed by atoms with van der Waals surface area (Å²) in [4.78, 5) is 12.3. The molecule has 0 spiro atoms. The maximum absolute atomic E-state index is 12.3.